The van der Waals surface area contributed by atoms with Gasteiger partial charge in [0.1, 0.15) is 0 Å². The minimum atomic E-state index is 0. The monoisotopic (exact) mass is 81.0 g/mol. The maximum Gasteiger partial charge on any atom is 0.0781 e. The van der Waals surface area contributed by atoms with Crippen LogP contribution in [0.4, 0.5) is 0 Å². The second-order valence-corrected chi connectivity index (χ2v) is 1.14. The van der Waals surface area contributed by atoms with Crippen molar-refractivity contribution in [3.8, 4) is 0 Å². The smallest absolute Gasteiger partial charge is 0.0781 e. The molecular formula is C3H6NaO. The van der Waals surface area contributed by atoms with Crippen LogP contribution in [0.5, 0.6) is 0 Å². The fraction of sp³-hybridized carbons (Fsp3) is 1.00. The first-order valence-electron chi connectivity index (χ1n) is 1.51. The summed E-state index contributed by atoms with van der Waals surface area (Å²) >= 11 is 0. The molecule has 0 saturated carbocycles. The Kier molecular flexibility index (Phi) is 2.61. The topological polar surface area (TPSA) is 12.5 Å². The molecule has 25 valence electrons. The van der Waals surface area contributed by atoms with Crippen LogP contribution in [0.25, 0.3) is 0 Å². The van der Waals surface area contributed by atoms with Crippen molar-refractivity contribution < 1.29 is 4.74 Å². The van der Waals surface area contributed by atoms with Crippen LogP contribution in [-0.4, -0.2) is 42.3 Å². The SMILES string of the molecule is CC1CO1.[Na]. The van der Waals surface area contributed by atoms with Gasteiger partial charge >= 0.3 is 0 Å². The molecule has 0 amide bonds. The van der Waals surface area contributed by atoms with Crippen LogP contribution in [0.1, 0.15) is 6.92 Å². The van der Waals surface area contributed by atoms with E-state index in [0.29, 0.717) is 6.10 Å². The van der Waals surface area contributed by atoms with Gasteiger partial charge in [0.15, 0.2) is 0 Å². The first kappa shape index (κ1) is 5.96. The third-order valence-corrected chi connectivity index (χ3v) is 0.500. The Morgan fingerprint density at radius 3 is 2.00 bits per heavy atom. The molecule has 1 atom stereocenters. The van der Waals surface area contributed by atoms with Crippen molar-refractivity contribution >= 4 is 29.6 Å². The van der Waals surface area contributed by atoms with Gasteiger partial charge in [0.25, 0.3) is 0 Å². The molecule has 0 aromatic heterocycles. The maximum atomic E-state index is 4.71. The van der Waals surface area contributed by atoms with Crippen molar-refractivity contribution in [2.45, 2.75) is 13.0 Å². The molecule has 1 fully saturated rings. The molecule has 1 aliphatic rings. The Morgan fingerprint density at radius 1 is 1.80 bits per heavy atom. The second kappa shape index (κ2) is 2.19. The fourth-order valence-electron chi connectivity index (χ4n) is 0.0962. The predicted octanol–water partition coefficient (Wildman–Crippen LogP) is 0.0243. The van der Waals surface area contributed by atoms with Crippen molar-refractivity contribution in [3.05, 3.63) is 0 Å². The zero-order valence-electron chi connectivity index (χ0n) is 3.69. The van der Waals surface area contributed by atoms with E-state index >= 15 is 0 Å². The van der Waals surface area contributed by atoms with Crippen LogP contribution in [0, 0.1) is 0 Å². The van der Waals surface area contributed by atoms with E-state index in [1.807, 2.05) is 0 Å². The summed E-state index contributed by atoms with van der Waals surface area (Å²) in [4.78, 5) is 0. The first-order valence-corrected chi connectivity index (χ1v) is 1.51. The Balaban J connectivity index is 0.000000160. The molecule has 1 unspecified atom stereocenters. The summed E-state index contributed by atoms with van der Waals surface area (Å²) in [7, 11) is 0. The van der Waals surface area contributed by atoms with Crippen LogP contribution >= 0.6 is 0 Å². The van der Waals surface area contributed by atoms with Gasteiger partial charge in [-0.3, -0.25) is 0 Å². The van der Waals surface area contributed by atoms with Gasteiger partial charge in [0, 0.05) is 29.6 Å². The van der Waals surface area contributed by atoms with Crippen LogP contribution in [-0.2, 0) is 4.74 Å². The molecule has 1 heterocycles. The molecule has 1 saturated heterocycles. The number of hydrogen-bond acceptors (Lipinski definition) is 1. The minimum absolute atomic E-state index is 0. The molecule has 0 bridgehead atoms. The van der Waals surface area contributed by atoms with Gasteiger partial charge in [-0.05, 0) is 6.92 Å². The number of rotatable bonds is 0. The second-order valence-electron chi connectivity index (χ2n) is 1.14. The molecule has 2 heteroatoms. The number of ether oxygens (including phenoxy) is 1. The van der Waals surface area contributed by atoms with E-state index in [9.17, 15) is 0 Å². The van der Waals surface area contributed by atoms with Crippen molar-refractivity contribution in [1.82, 2.24) is 0 Å². The zero-order chi connectivity index (χ0) is 2.99. The molecule has 5 heavy (non-hydrogen) atoms. The van der Waals surface area contributed by atoms with Crippen LogP contribution in [0.15, 0.2) is 0 Å². The largest absolute Gasteiger partial charge is 0.373 e. The first-order chi connectivity index (χ1) is 1.89. The Hall–Kier alpha value is 0.960. The summed E-state index contributed by atoms with van der Waals surface area (Å²) in [6, 6.07) is 0. The van der Waals surface area contributed by atoms with Gasteiger partial charge in [-0.25, -0.2) is 0 Å². The molecule has 0 N–H and O–H groups in total. The number of hydrogen-bond donors (Lipinski definition) is 0. The maximum absolute atomic E-state index is 4.71. The Labute approximate surface area is 54.0 Å². The van der Waals surface area contributed by atoms with Gasteiger partial charge in [0.05, 0.1) is 12.7 Å². The van der Waals surface area contributed by atoms with Gasteiger partial charge in [-0.2, -0.15) is 0 Å². The third kappa shape index (κ3) is 2.77. The number of epoxide rings is 1. The molecule has 0 spiro atoms. The van der Waals surface area contributed by atoms with Crippen molar-refractivity contribution in [3.63, 3.8) is 0 Å². The van der Waals surface area contributed by atoms with Crippen LogP contribution in [0.3, 0.4) is 0 Å². The van der Waals surface area contributed by atoms with E-state index in [1.165, 1.54) is 0 Å². The summed E-state index contributed by atoms with van der Waals surface area (Å²) in [5, 5.41) is 0. The Morgan fingerprint density at radius 2 is 2.00 bits per heavy atom. The average Bonchev–Trinajstić information content (AvgIpc) is 1.75. The molecule has 0 aromatic rings. The molecule has 1 radical (unpaired) electrons. The fourth-order valence-corrected chi connectivity index (χ4v) is 0.0962. The summed E-state index contributed by atoms with van der Waals surface area (Å²) in [5.74, 6) is 0. The molecule has 1 nitrogen and oxygen atoms in total. The van der Waals surface area contributed by atoms with Gasteiger partial charge in [-0.15, -0.1) is 0 Å². The summed E-state index contributed by atoms with van der Waals surface area (Å²) in [6.45, 7) is 3.04. The van der Waals surface area contributed by atoms with E-state index in [1.54, 1.807) is 0 Å². The van der Waals surface area contributed by atoms with E-state index in [2.05, 4.69) is 6.92 Å². The standard InChI is InChI=1S/C3H6O.Na/c1-3-2-4-3;/h3H,2H2,1H3;. The van der Waals surface area contributed by atoms with Gasteiger partial charge < -0.3 is 4.74 Å². The van der Waals surface area contributed by atoms with E-state index in [-0.39, 0.29) is 29.6 Å². The molecule has 1 aliphatic heterocycles. The van der Waals surface area contributed by atoms with Crippen molar-refractivity contribution in [1.29, 1.82) is 0 Å². The van der Waals surface area contributed by atoms with Crippen LogP contribution < -0.4 is 0 Å². The minimum Gasteiger partial charge on any atom is -0.373 e. The normalized spacial score (nSPS) is 31.8. The van der Waals surface area contributed by atoms with Gasteiger partial charge in [0.2, 0.25) is 0 Å². The molecular weight excluding hydrogens is 75.0 g/mol. The van der Waals surface area contributed by atoms with Crippen molar-refractivity contribution in [2.75, 3.05) is 6.61 Å². The molecule has 0 aliphatic carbocycles. The van der Waals surface area contributed by atoms with E-state index in [0.717, 1.165) is 6.61 Å². The van der Waals surface area contributed by atoms with Gasteiger partial charge in [-0.1, -0.05) is 0 Å². The van der Waals surface area contributed by atoms with Crippen LogP contribution in [0.2, 0.25) is 0 Å². The average molecular weight is 81.1 g/mol. The quantitative estimate of drug-likeness (QED) is 0.296. The Bertz CT molecular complexity index is 26.1. The summed E-state index contributed by atoms with van der Waals surface area (Å²) in [5.41, 5.74) is 0. The molecule has 0 aromatic carbocycles. The third-order valence-electron chi connectivity index (χ3n) is 0.500. The predicted molar refractivity (Wildman–Crippen MR) is 21.2 cm³/mol. The summed E-state index contributed by atoms with van der Waals surface area (Å²) < 4.78 is 4.71. The molecule has 1 rings (SSSR count). The summed E-state index contributed by atoms with van der Waals surface area (Å²) in [6.07, 6.45) is 0.583. The van der Waals surface area contributed by atoms with Crippen molar-refractivity contribution in [2.24, 2.45) is 0 Å². The zero-order valence-corrected chi connectivity index (χ0v) is 5.69. The van der Waals surface area contributed by atoms with E-state index in [4.69, 9.17) is 4.74 Å². The van der Waals surface area contributed by atoms with E-state index < -0.39 is 0 Å².